The third-order valence-electron chi connectivity index (χ3n) is 4.62. The Hall–Kier alpha value is -0.780. The largest absolute Gasteiger partial charge is 0.0648 e. The molecule has 16 heavy (non-hydrogen) atoms. The predicted octanol–water partition coefficient (Wildman–Crippen LogP) is 4.18. The second-order valence-corrected chi connectivity index (χ2v) is 5.58. The van der Waals surface area contributed by atoms with Gasteiger partial charge in [-0.1, -0.05) is 19.9 Å². The summed E-state index contributed by atoms with van der Waals surface area (Å²) >= 11 is 0. The summed E-state index contributed by atoms with van der Waals surface area (Å²) in [4.78, 5) is 0. The molecular weight excluding hydrogens is 192 g/mol. The molecule has 0 saturated carbocycles. The van der Waals surface area contributed by atoms with E-state index in [-0.39, 0.29) is 0 Å². The van der Waals surface area contributed by atoms with Gasteiger partial charge < -0.3 is 0 Å². The lowest BCUT2D eigenvalue weighted by atomic mass is 9.85. The fourth-order valence-corrected chi connectivity index (χ4v) is 3.66. The van der Waals surface area contributed by atoms with Crippen molar-refractivity contribution in [3.63, 3.8) is 0 Å². The van der Waals surface area contributed by atoms with Crippen LogP contribution >= 0.6 is 0 Å². The highest BCUT2D eigenvalue weighted by molar-refractivity contribution is 5.51. The maximum absolute atomic E-state index is 2.54. The van der Waals surface area contributed by atoms with Crippen LogP contribution in [0.3, 0.4) is 0 Å². The SMILES string of the molecule is CCC(C)c1c2c(cc3c1CCC3)CCC2. The first-order valence-electron chi connectivity index (χ1n) is 6.97. The van der Waals surface area contributed by atoms with Crippen LogP contribution in [0, 0.1) is 0 Å². The summed E-state index contributed by atoms with van der Waals surface area (Å²) in [6, 6.07) is 2.54. The lowest BCUT2D eigenvalue weighted by Crippen LogP contribution is -2.04. The number of hydrogen-bond donors (Lipinski definition) is 0. The van der Waals surface area contributed by atoms with Crippen molar-refractivity contribution in [1.29, 1.82) is 0 Å². The minimum atomic E-state index is 0.778. The molecule has 0 bridgehead atoms. The van der Waals surface area contributed by atoms with Gasteiger partial charge in [0, 0.05) is 0 Å². The van der Waals surface area contributed by atoms with E-state index in [1.165, 1.54) is 44.9 Å². The molecular formula is C16H22. The van der Waals surface area contributed by atoms with E-state index in [1.807, 2.05) is 0 Å². The van der Waals surface area contributed by atoms with E-state index in [1.54, 1.807) is 27.8 Å². The monoisotopic (exact) mass is 214 g/mol. The smallest absolute Gasteiger partial charge is 0.0187 e. The Morgan fingerprint density at radius 1 is 1.00 bits per heavy atom. The van der Waals surface area contributed by atoms with Crippen LogP contribution in [0.2, 0.25) is 0 Å². The van der Waals surface area contributed by atoms with Gasteiger partial charge in [0.05, 0.1) is 0 Å². The Balaban J connectivity index is 2.19. The van der Waals surface area contributed by atoms with Crippen molar-refractivity contribution in [2.45, 2.75) is 64.7 Å². The van der Waals surface area contributed by atoms with Crippen LogP contribution in [0.5, 0.6) is 0 Å². The predicted molar refractivity (Wildman–Crippen MR) is 69.2 cm³/mol. The first-order valence-corrected chi connectivity index (χ1v) is 6.97. The van der Waals surface area contributed by atoms with Crippen molar-refractivity contribution in [3.8, 4) is 0 Å². The highest BCUT2D eigenvalue weighted by atomic mass is 14.3. The molecule has 0 spiro atoms. The summed E-state index contributed by atoms with van der Waals surface area (Å²) in [5, 5.41) is 0. The van der Waals surface area contributed by atoms with Gasteiger partial charge in [-0.05, 0) is 78.7 Å². The molecule has 1 atom stereocenters. The van der Waals surface area contributed by atoms with E-state index in [0.717, 1.165) is 5.92 Å². The van der Waals surface area contributed by atoms with Gasteiger partial charge in [-0.2, -0.15) is 0 Å². The second-order valence-electron chi connectivity index (χ2n) is 5.58. The standard InChI is InChI=1S/C16H22/c1-3-11(2)16-14-8-4-6-12(14)10-13-7-5-9-15(13)16/h10-11H,3-9H2,1-2H3. The normalized spacial score (nSPS) is 19.6. The molecule has 0 radical (unpaired) electrons. The number of rotatable bonds is 2. The highest BCUT2D eigenvalue weighted by Gasteiger charge is 2.25. The molecule has 0 heteroatoms. The van der Waals surface area contributed by atoms with E-state index in [0.29, 0.717) is 0 Å². The van der Waals surface area contributed by atoms with E-state index < -0.39 is 0 Å². The Kier molecular flexibility index (Phi) is 2.53. The Labute approximate surface area is 99.1 Å². The molecule has 86 valence electrons. The van der Waals surface area contributed by atoms with Gasteiger partial charge in [-0.3, -0.25) is 0 Å². The molecule has 2 aliphatic rings. The third kappa shape index (κ3) is 1.43. The zero-order valence-electron chi connectivity index (χ0n) is 10.6. The maximum Gasteiger partial charge on any atom is -0.0187 e. The number of aryl methyl sites for hydroxylation is 2. The molecule has 1 aromatic carbocycles. The van der Waals surface area contributed by atoms with Crippen molar-refractivity contribution < 1.29 is 0 Å². The van der Waals surface area contributed by atoms with Gasteiger partial charge in [-0.25, -0.2) is 0 Å². The van der Waals surface area contributed by atoms with Crippen molar-refractivity contribution in [1.82, 2.24) is 0 Å². The lowest BCUT2D eigenvalue weighted by Gasteiger charge is -2.19. The molecule has 1 aromatic rings. The molecule has 1 unspecified atom stereocenters. The van der Waals surface area contributed by atoms with Crippen molar-refractivity contribution >= 4 is 0 Å². The lowest BCUT2D eigenvalue weighted by molar-refractivity contribution is 0.713. The fourth-order valence-electron chi connectivity index (χ4n) is 3.66. The van der Waals surface area contributed by atoms with E-state index >= 15 is 0 Å². The minimum Gasteiger partial charge on any atom is -0.0648 e. The average Bonchev–Trinajstić information content (AvgIpc) is 2.91. The summed E-state index contributed by atoms with van der Waals surface area (Å²) in [6.45, 7) is 4.76. The van der Waals surface area contributed by atoms with Gasteiger partial charge in [0.1, 0.15) is 0 Å². The summed E-state index contributed by atoms with van der Waals surface area (Å²) < 4.78 is 0. The second kappa shape index (κ2) is 3.91. The molecule has 0 amide bonds. The summed E-state index contributed by atoms with van der Waals surface area (Å²) in [5.41, 5.74) is 8.64. The Morgan fingerprint density at radius 2 is 1.56 bits per heavy atom. The van der Waals surface area contributed by atoms with Gasteiger partial charge >= 0.3 is 0 Å². The first kappa shape index (κ1) is 10.4. The molecule has 0 saturated heterocycles. The number of fused-ring (bicyclic) bond motifs is 2. The molecule has 0 aromatic heterocycles. The van der Waals surface area contributed by atoms with Crippen LogP contribution in [0.15, 0.2) is 6.07 Å². The maximum atomic E-state index is 2.54. The van der Waals surface area contributed by atoms with Crippen LogP contribution in [-0.2, 0) is 25.7 Å². The summed E-state index contributed by atoms with van der Waals surface area (Å²) in [7, 11) is 0. The van der Waals surface area contributed by atoms with Crippen LogP contribution in [-0.4, -0.2) is 0 Å². The molecule has 0 nitrogen and oxygen atoms in total. The molecule has 0 N–H and O–H groups in total. The van der Waals surface area contributed by atoms with E-state index in [9.17, 15) is 0 Å². The average molecular weight is 214 g/mol. The molecule has 2 aliphatic carbocycles. The zero-order valence-corrected chi connectivity index (χ0v) is 10.6. The highest BCUT2D eigenvalue weighted by Crippen LogP contribution is 2.39. The van der Waals surface area contributed by atoms with Crippen molar-refractivity contribution in [2.75, 3.05) is 0 Å². The van der Waals surface area contributed by atoms with Gasteiger partial charge in [0.25, 0.3) is 0 Å². The zero-order chi connectivity index (χ0) is 11.1. The van der Waals surface area contributed by atoms with Crippen LogP contribution < -0.4 is 0 Å². The topological polar surface area (TPSA) is 0 Å². The quantitative estimate of drug-likeness (QED) is 0.693. The van der Waals surface area contributed by atoms with Crippen LogP contribution in [0.4, 0.5) is 0 Å². The van der Waals surface area contributed by atoms with Crippen LogP contribution in [0.25, 0.3) is 0 Å². The minimum absolute atomic E-state index is 0.778. The number of hydrogen-bond acceptors (Lipinski definition) is 0. The molecule has 0 heterocycles. The summed E-state index contributed by atoms with van der Waals surface area (Å²) in [6.07, 6.45) is 9.45. The van der Waals surface area contributed by atoms with Gasteiger partial charge in [0.15, 0.2) is 0 Å². The fraction of sp³-hybridized carbons (Fsp3) is 0.625. The van der Waals surface area contributed by atoms with E-state index in [2.05, 4.69) is 19.9 Å². The van der Waals surface area contributed by atoms with Crippen molar-refractivity contribution in [2.24, 2.45) is 0 Å². The van der Waals surface area contributed by atoms with E-state index in [4.69, 9.17) is 0 Å². The molecule has 0 fully saturated rings. The van der Waals surface area contributed by atoms with Gasteiger partial charge in [0.2, 0.25) is 0 Å². The van der Waals surface area contributed by atoms with Crippen molar-refractivity contribution in [3.05, 3.63) is 33.9 Å². The Morgan fingerprint density at radius 3 is 2.06 bits per heavy atom. The van der Waals surface area contributed by atoms with Gasteiger partial charge in [-0.15, -0.1) is 0 Å². The third-order valence-corrected chi connectivity index (χ3v) is 4.62. The molecule has 3 rings (SSSR count). The number of benzene rings is 1. The summed E-state index contributed by atoms with van der Waals surface area (Å²) in [5.74, 6) is 0.778. The van der Waals surface area contributed by atoms with Crippen LogP contribution in [0.1, 0.15) is 66.8 Å². The molecule has 0 aliphatic heterocycles. The first-order chi connectivity index (χ1) is 7.81. The Bertz CT molecular complexity index is 382.